The number of rotatable bonds is 8. The zero-order valence-electron chi connectivity index (χ0n) is 9.91. The molecule has 1 saturated heterocycles. The molecule has 15 heavy (non-hydrogen) atoms. The summed E-state index contributed by atoms with van der Waals surface area (Å²) in [5.41, 5.74) is 2.97. The van der Waals surface area contributed by atoms with E-state index in [1.165, 1.54) is 0 Å². The maximum Gasteiger partial charge on any atom is 0.336 e. The van der Waals surface area contributed by atoms with E-state index in [9.17, 15) is 0 Å². The van der Waals surface area contributed by atoms with E-state index in [2.05, 4.69) is 12.4 Å². The standard InChI is InChI=1S/C9H21NO4Si/c1-8(7-15(4,11-2)12-3)10-14-6-9-5-13-9/h8-10H,5-7H2,1-4H3. The van der Waals surface area contributed by atoms with Crippen molar-refractivity contribution >= 4 is 8.56 Å². The predicted octanol–water partition coefficient (Wildman–Crippen LogP) is 0.660. The summed E-state index contributed by atoms with van der Waals surface area (Å²) in [4.78, 5) is 5.29. The van der Waals surface area contributed by atoms with E-state index < -0.39 is 8.56 Å². The summed E-state index contributed by atoms with van der Waals surface area (Å²) in [5, 5.41) is 0. The average molecular weight is 235 g/mol. The van der Waals surface area contributed by atoms with Crippen LogP contribution in [0.5, 0.6) is 0 Å². The lowest BCUT2D eigenvalue weighted by Crippen LogP contribution is -2.43. The molecule has 90 valence electrons. The van der Waals surface area contributed by atoms with Crippen molar-refractivity contribution in [1.29, 1.82) is 0 Å². The van der Waals surface area contributed by atoms with Gasteiger partial charge in [0.05, 0.1) is 13.2 Å². The molecule has 0 aromatic heterocycles. The molecule has 1 aliphatic rings. The van der Waals surface area contributed by atoms with E-state index in [0.29, 0.717) is 6.61 Å². The topological polar surface area (TPSA) is 52.2 Å². The van der Waals surface area contributed by atoms with Gasteiger partial charge in [-0.2, -0.15) is 5.48 Å². The molecule has 5 nitrogen and oxygen atoms in total. The van der Waals surface area contributed by atoms with Crippen LogP contribution in [0.2, 0.25) is 12.6 Å². The van der Waals surface area contributed by atoms with Gasteiger partial charge in [0.2, 0.25) is 0 Å². The molecule has 1 aliphatic heterocycles. The molecule has 0 aromatic rings. The summed E-state index contributed by atoms with van der Waals surface area (Å²) in [7, 11) is 1.40. The number of hydrogen-bond donors (Lipinski definition) is 1. The van der Waals surface area contributed by atoms with Crippen molar-refractivity contribution in [2.45, 2.75) is 31.7 Å². The summed E-state index contributed by atoms with van der Waals surface area (Å²) >= 11 is 0. The first-order chi connectivity index (χ1) is 7.09. The third-order valence-corrected chi connectivity index (χ3v) is 5.58. The molecule has 1 heterocycles. The van der Waals surface area contributed by atoms with E-state index in [-0.39, 0.29) is 12.1 Å². The Bertz CT molecular complexity index is 185. The van der Waals surface area contributed by atoms with Gasteiger partial charge in [-0.25, -0.2) is 0 Å². The molecule has 0 amide bonds. The molecule has 0 radical (unpaired) electrons. The normalized spacial score (nSPS) is 22.8. The number of hydrogen-bond acceptors (Lipinski definition) is 5. The van der Waals surface area contributed by atoms with Crippen LogP contribution in [-0.4, -0.2) is 48.1 Å². The second kappa shape index (κ2) is 5.93. The first kappa shape index (κ1) is 13.1. The second-order valence-electron chi connectivity index (χ2n) is 4.03. The fraction of sp³-hybridized carbons (Fsp3) is 1.00. The quantitative estimate of drug-likeness (QED) is 0.380. The summed E-state index contributed by atoms with van der Waals surface area (Å²) in [6.45, 7) is 5.52. The summed E-state index contributed by atoms with van der Waals surface area (Å²) < 4.78 is 15.8. The van der Waals surface area contributed by atoms with Crippen molar-refractivity contribution in [3.05, 3.63) is 0 Å². The third kappa shape index (κ3) is 5.05. The van der Waals surface area contributed by atoms with Crippen LogP contribution in [0.15, 0.2) is 0 Å². The highest BCUT2D eigenvalue weighted by atomic mass is 28.4. The molecule has 2 atom stereocenters. The molecule has 6 heteroatoms. The number of nitrogens with one attached hydrogen (secondary N) is 1. The van der Waals surface area contributed by atoms with E-state index >= 15 is 0 Å². The van der Waals surface area contributed by atoms with Gasteiger partial charge < -0.3 is 13.6 Å². The SMILES string of the molecule is CO[Si](C)(CC(C)NOCC1CO1)OC. The fourth-order valence-electron chi connectivity index (χ4n) is 1.30. The fourth-order valence-corrected chi connectivity index (χ4v) is 2.99. The first-order valence-corrected chi connectivity index (χ1v) is 7.71. The Hall–Kier alpha value is 0.0169. The maximum absolute atomic E-state index is 5.39. The summed E-state index contributed by atoms with van der Waals surface area (Å²) in [6.07, 6.45) is 0.290. The molecule has 1 fully saturated rings. The highest BCUT2D eigenvalue weighted by Gasteiger charge is 2.31. The average Bonchev–Trinajstić information content (AvgIpc) is 3.01. The van der Waals surface area contributed by atoms with E-state index in [1.807, 2.05) is 6.55 Å². The van der Waals surface area contributed by atoms with E-state index in [0.717, 1.165) is 12.7 Å². The zero-order chi connectivity index (χ0) is 11.3. The van der Waals surface area contributed by atoms with Crippen LogP contribution in [0.4, 0.5) is 0 Å². The zero-order valence-corrected chi connectivity index (χ0v) is 10.9. The van der Waals surface area contributed by atoms with Crippen LogP contribution in [0.25, 0.3) is 0 Å². The van der Waals surface area contributed by atoms with Crippen molar-refractivity contribution in [2.24, 2.45) is 0 Å². The van der Waals surface area contributed by atoms with Gasteiger partial charge in [0.1, 0.15) is 6.10 Å². The van der Waals surface area contributed by atoms with Crippen molar-refractivity contribution in [1.82, 2.24) is 5.48 Å². The van der Waals surface area contributed by atoms with Gasteiger partial charge >= 0.3 is 8.56 Å². The van der Waals surface area contributed by atoms with Gasteiger partial charge in [0.15, 0.2) is 0 Å². The minimum Gasteiger partial charge on any atom is -0.398 e. The molecule has 0 spiro atoms. The van der Waals surface area contributed by atoms with Gasteiger partial charge in [-0.05, 0) is 13.5 Å². The van der Waals surface area contributed by atoms with Crippen molar-refractivity contribution < 1.29 is 18.4 Å². The van der Waals surface area contributed by atoms with Crippen LogP contribution < -0.4 is 5.48 Å². The Morgan fingerprint density at radius 2 is 2.07 bits per heavy atom. The van der Waals surface area contributed by atoms with Gasteiger partial charge in [-0.3, -0.25) is 4.84 Å². The molecular weight excluding hydrogens is 214 g/mol. The Morgan fingerprint density at radius 3 is 2.53 bits per heavy atom. The van der Waals surface area contributed by atoms with Gasteiger partial charge in [-0.15, -0.1) is 0 Å². The molecule has 1 rings (SSSR count). The Morgan fingerprint density at radius 1 is 1.47 bits per heavy atom. The van der Waals surface area contributed by atoms with Crippen LogP contribution in [0.3, 0.4) is 0 Å². The molecule has 1 N–H and O–H groups in total. The third-order valence-electron chi connectivity index (χ3n) is 2.50. The minimum atomic E-state index is -2.00. The molecule has 0 bridgehead atoms. The smallest absolute Gasteiger partial charge is 0.336 e. The van der Waals surface area contributed by atoms with E-state index in [4.69, 9.17) is 18.4 Å². The van der Waals surface area contributed by atoms with Crippen molar-refractivity contribution in [3.63, 3.8) is 0 Å². The predicted molar refractivity (Wildman–Crippen MR) is 58.7 cm³/mol. The van der Waals surface area contributed by atoms with Gasteiger partial charge in [0, 0.05) is 26.3 Å². The highest BCUT2D eigenvalue weighted by Crippen LogP contribution is 2.14. The van der Waals surface area contributed by atoms with Crippen molar-refractivity contribution in [2.75, 3.05) is 27.4 Å². The summed E-state index contributed by atoms with van der Waals surface area (Å²) in [5.74, 6) is 0. The largest absolute Gasteiger partial charge is 0.398 e. The molecule has 0 aromatic carbocycles. The lowest BCUT2D eigenvalue weighted by Gasteiger charge is -2.26. The Labute approximate surface area is 92.2 Å². The number of epoxide rings is 1. The monoisotopic (exact) mass is 235 g/mol. The molecule has 0 aliphatic carbocycles. The van der Waals surface area contributed by atoms with Crippen molar-refractivity contribution in [3.8, 4) is 0 Å². The number of hydroxylamine groups is 1. The van der Waals surface area contributed by atoms with Gasteiger partial charge in [-0.1, -0.05) is 0 Å². The lowest BCUT2D eigenvalue weighted by atomic mass is 10.4. The lowest BCUT2D eigenvalue weighted by molar-refractivity contribution is 0.0130. The van der Waals surface area contributed by atoms with E-state index in [1.54, 1.807) is 14.2 Å². The number of ether oxygens (including phenoxy) is 1. The molecule has 0 saturated carbocycles. The Balaban J connectivity index is 2.11. The first-order valence-electron chi connectivity index (χ1n) is 5.19. The molecule has 2 unspecified atom stereocenters. The Kier molecular flexibility index (Phi) is 5.17. The van der Waals surface area contributed by atoms with Crippen LogP contribution in [0.1, 0.15) is 6.92 Å². The van der Waals surface area contributed by atoms with Gasteiger partial charge in [0.25, 0.3) is 0 Å². The maximum atomic E-state index is 5.39. The van der Waals surface area contributed by atoms with Crippen LogP contribution in [0, 0.1) is 0 Å². The molecular formula is C9H21NO4Si. The second-order valence-corrected chi connectivity index (χ2v) is 7.52. The highest BCUT2D eigenvalue weighted by molar-refractivity contribution is 6.66. The van der Waals surface area contributed by atoms with Crippen LogP contribution >= 0.6 is 0 Å². The summed E-state index contributed by atoms with van der Waals surface area (Å²) in [6, 6.07) is 1.08. The van der Waals surface area contributed by atoms with Crippen LogP contribution in [-0.2, 0) is 18.4 Å². The minimum absolute atomic E-state index is 0.223.